The molecule has 2 heteroatoms. The highest BCUT2D eigenvalue weighted by Gasteiger charge is 2.15. The zero-order chi connectivity index (χ0) is 5.91. The second-order valence-electron chi connectivity index (χ2n) is 1.97. The van der Waals surface area contributed by atoms with Crippen LogP contribution in [-0.2, 0) is 0 Å². The van der Waals surface area contributed by atoms with Crippen molar-refractivity contribution in [2.24, 2.45) is 0 Å². The lowest BCUT2D eigenvalue weighted by molar-refractivity contribution is 0.211. The van der Waals surface area contributed by atoms with Gasteiger partial charge < -0.3 is 0 Å². The third-order valence-electron chi connectivity index (χ3n) is 1.16. The van der Waals surface area contributed by atoms with E-state index in [-0.39, 0.29) is 6.32 Å². The normalized spacial score (nSPS) is 18.7. The summed E-state index contributed by atoms with van der Waals surface area (Å²) in [6.07, 6.45) is 0.632. The van der Waals surface area contributed by atoms with E-state index in [1.165, 1.54) is 6.92 Å². The Bertz CT molecular complexity index is 46.0. The molecule has 0 aromatic rings. The lowest BCUT2D eigenvalue weighted by Gasteiger charge is -2.13. The summed E-state index contributed by atoms with van der Waals surface area (Å²) in [4.78, 5) is 0. The van der Waals surface area contributed by atoms with Crippen molar-refractivity contribution in [2.75, 3.05) is 0 Å². The van der Waals surface area contributed by atoms with E-state index in [9.17, 15) is 4.39 Å². The van der Waals surface area contributed by atoms with Crippen molar-refractivity contribution in [3.63, 3.8) is 0 Å². The Morgan fingerprint density at radius 3 is 2.14 bits per heavy atom. The number of rotatable bonds is 2. The minimum atomic E-state index is -1.14. The van der Waals surface area contributed by atoms with Crippen LogP contribution in [0.1, 0.15) is 20.3 Å². The maximum absolute atomic E-state index is 12.4. The van der Waals surface area contributed by atoms with E-state index in [0.717, 1.165) is 0 Å². The monoisotopic (exact) mass is 100 g/mol. The highest BCUT2D eigenvalue weighted by molar-refractivity contribution is 6.09. The summed E-state index contributed by atoms with van der Waals surface area (Å²) < 4.78 is 12.4. The first kappa shape index (κ1) is 6.99. The van der Waals surface area contributed by atoms with Gasteiger partial charge in [-0.2, -0.15) is 0 Å². The molecule has 0 spiro atoms. The predicted molar refractivity (Wildman–Crippen MR) is 30.4 cm³/mol. The maximum Gasteiger partial charge on any atom is 0.1000 e. The summed E-state index contributed by atoms with van der Waals surface area (Å²) >= 11 is 0. The number of halogens is 1. The summed E-state index contributed by atoms with van der Waals surface area (Å²) in [6, 6.07) is 0. The molecule has 0 amide bonds. The van der Waals surface area contributed by atoms with Gasteiger partial charge in [-0.25, -0.2) is 4.39 Å². The molecule has 40 valence electrons. The van der Waals surface area contributed by atoms with Crippen LogP contribution in [0.5, 0.6) is 0 Å². The quantitative estimate of drug-likeness (QED) is 0.463. The summed E-state index contributed by atoms with van der Waals surface area (Å²) in [6.45, 7) is 3.29. The van der Waals surface area contributed by atoms with Gasteiger partial charge in [0.2, 0.25) is 0 Å². The first-order chi connectivity index (χ1) is 3.12. The van der Waals surface area contributed by atoms with E-state index in [1.807, 2.05) is 0 Å². The van der Waals surface area contributed by atoms with Crippen LogP contribution < -0.4 is 0 Å². The van der Waals surface area contributed by atoms with Gasteiger partial charge in [0.15, 0.2) is 0 Å². The molecular formula is C5H10BF. The van der Waals surface area contributed by atoms with E-state index < -0.39 is 5.67 Å². The molecule has 1 atom stereocenters. The van der Waals surface area contributed by atoms with Crippen LogP contribution >= 0.6 is 0 Å². The highest BCUT2D eigenvalue weighted by Crippen LogP contribution is 2.17. The van der Waals surface area contributed by atoms with Crippen molar-refractivity contribution in [1.82, 2.24) is 0 Å². The summed E-state index contributed by atoms with van der Waals surface area (Å²) in [5, 5.41) is 0. The minimum Gasteiger partial charge on any atom is -0.245 e. The minimum absolute atomic E-state index is 0.128. The fraction of sp³-hybridized carbons (Fsp3) is 1.00. The maximum atomic E-state index is 12.4. The van der Waals surface area contributed by atoms with Crippen molar-refractivity contribution in [1.29, 1.82) is 0 Å². The molecule has 0 N–H and O–H groups in total. The molecule has 1 unspecified atom stereocenters. The van der Waals surface area contributed by atoms with E-state index in [2.05, 4.69) is 0 Å². The van der Waals surface area contributed by atoms with E-state index >= 15 is 0 Å². The van der Waals surface area contributed by atoms with Crippen LogP contribution in [0.2, 0.25) is 6.32 Å². The number of alkyl halides is 1. The zero-order valence-electron chi connectivity index (χ0n) is 4.87. The molecule has 0 heterocycles. The van der Waals surface area contributed by atoms with Crippen LogP contribution in [0.3, 0.4) is 0 Å². The van der Waals surface area contributed by atoms with Crippen LogP contribution in [0, 0.1) is 0 Å². The molecule has 0 nitrogen and oxygen atoms in total. The third kappa shape index (κ3) is 2.66. The standard InChI is InChI=1S/C5H10BF/c1-3-5(2,7)4-6/h3-4H2,1-2H3. The summed E-state index contributed by atoms with van der Waals surface area (Å²) in [5.41, 5.74) is -1.14. The Kier molecular flexibility index (Phi) is 2.34. The van der Waals surface area contributed by atoms with E-state index in [1.54, 1.807) is 6.92 Å². The Labute approximate surface area is 45.5 Å². The molecule has 0 aliphatic heterocycles. The molecule has 7 heavy (non-hydrogen) atoms. The van der Waals surface area contributed by atoms with Crippen LogP contribution in [0.25, 0.3) is 0 Å². The van der Waals surface area contributed by atoms with Gasteiger partial charge in [0.25, 0.3) is 0 Å². The first-order valence-corrected chi connectivity index (χ1v) is 2.51. The Balaban J connectivity index is 3.36. The lowest BCUT2D eigenvalue weighted by Crippen LogP contribution is -2.14. The summed E-state index contributed by atoms with van der Waals surface area (Å²) in [5.74, 6) is 0. The van der Waals surface area contributed by atoms with Crippen molar-refractivity contribution < 1.29 is 4.39 Å². The van der Waals surface area contributed by atoms with Crippen LogP contribution in [0.4, 0.5) is 4.39 Å². The number of hydrogen-bond acceptors (Lipinski definition) is 0. The van der Waals surface area contributed by atoms with Crippen molar-refractivity contribution in [3.8, 4) is 0 Å². The third-order valence-corrected chi connectivity index (χ3v) is 1.16. The fourth-order valence-electron chi connectivity index (χ4n) is 0.144. The SMILES string of the molecule is [B]CC(C)(F)CC. The van der Waals surface area contributed by atoms with Gasteiger partial charge in [0.05, 0.1) is 13.5 Å². The predicted octanol–water partition coefficient (Wildman–Crippen LogP) is 1.71. The molecule has 0 bridgehead atoms. The van der Waals surface area contributed by atoms with E-state index in [0.29, 0.717) is 6.42 Å². The van der Waals surface area contributed by atoms with Crippen molar-refractivity contribution in [2.45, 2.75) is 32.3 Å². The highest BCUT2D eigenvalue weighted by atomic mass is 19.1. The molecule has 0 aromatic heterocycles. The van der Waals surface area contributed by atoms with Gasteiger partial charge in [-0.1, -0.05) is 13.2 Å². The van der Waals surface area contributed by atoms with Gasteiger partial charge in [-0.05, 0) is 13.3 Å². The molecule has 0 aliphatic rings. The molecule has 2 radical (unpaired) electrons. The topological polar surface area (TPSA) is 0 Å². The van der Waals surface area contributed by atoms with Gasteiger partial charge in [-0.3, -0.25) is 0 Å². The van der Waals surface area contributed by atoms with Gasteiger partial charge in [0, 0.05) is 0 Å². The van der Waals surface area contributed by atoms with Gasteiger partial charge in [0.1, 0.15) is 0 Å². The molecule has 0 saturated carbocycles. The molecular weight excluding hydrogens is 89.9 g/mol. The molecule has 0 aromatic carbocycles. The van der Waals surface area contributed by atoms with Gasteiger partial charge >= 0.3 is 0 Å². The molecule has 0 saturated heterocycles. The van der Waals surface area contributed by atoms with Crippen molar-refractivity contribution >= 4 is 7.85 Å². The lowest BCUT2D eigenvalue weighted by atomic mass is 9.88. The molecule has 0 fully saturated rings. The Morgan fingerprint density at radius 1 is 1.71 bits per heavy atom. The average molecular weight is 99.9 g/mol. The largest absolute Gasteiger partial charge is 0.245 e. The first-order valence-electron chi connectivity index (χ1n) is 2.51. The van der Waals surface area contributed by atoms with E-state index in [4.69, 9.17) is 7.85 Å². The Morgan fingerprint density at radius 2 is 2.14 bits per heavy atom. The zero-order valence-corrected chi connectivity index (χ0v) is 4.87. The second-order valence-corrected chi connectivity index (χ2v) is 1.97. The summed E-state index contributed by atoms with van der Waals surface area (Å²) in [7, 11) is 5.04. The average Bonchev–Trinajstić information content (AvgIpc) is 1.68. The number of hydrogen-bond donors (Lipinski definition) is 0. The van der Waals surface area contributed by atoms with Crippen LogP contribution in [0.15, 0.2) is 0 Å². The van der Waals surface area contributed by atoms with Gasteiger partial charge in [-0.15, -0.1) is 0 Å². The van der Waals surface area contributed by atoms with Crippen molar-refractivity contribution in [3.05, 3.63) is 0 Å². The smallest absolute Gasteiger partial charge is 0.1000 e. The molecule has 0 aliphatic carbocycles. The fourth-order valence-corrected chi connectivity index (χ4v) is 0.144. The molecule has 0 rings (SSSR count). The second kappa shape index (κ2) is 2.34. The van der Waals surface area contributed by atoms with Crippen LogP contribution in [-0.4, -0.2) is 13.5 Å². The Hall–Kier alpha value is -0.00506.